The Balaban J connectivity index is 0. The molecule has 0 saturated heterocycles. The van der Waals surface area contributed by atoms with E-state index >= 15 is 0 Å². The Bertz CT molecular complexity index is 206. The van der Waals surface area contributed by atoms with Crippen molar-refractivity contribution in [3.8, 4) is 0 Å². The van der Waals surface area contributed by atoms with Gasteiger partial charge in [-0.2, -0.15) is 0 Å². The summed E-state index contributed by atoms with van der Waals surface area (Å²) < 4.78 is 22.4. The summed E-state index contributed by atoms with van der Waals surface area (Å²) in [6.45, 7) is 9.11. The van der Waals surface area contributed by atoms with Crippen molar-refractivity contribution in [1.29, 1.82) is 0 Å². The predicted molar refractivity (Wildman–Crippen MR) is 48.8 cm³/mol. The van der Waals surface area contributed by atoms with Crippen LogP contribution in [-0.2, 0) is 10.0 Å². The first kappa shape index (κ1) is 13.1. The van der Waals surface area contributed by atoms with E-state index in [9.17, 15) is 8.42 Å². The number of hydrogen-bond donors (Lipinski definition) is 0. The molecule has 0 aromatic heterocycles. The number of allylic oxidation sites excluding steroid dienone is 1. The van der Waals surface area contributed by atoms with Crippen LogP contribution in [0.3, 0.4) is 0 Å². The Labute approximate surface area is 69.8 Å². The van der Waals surface area contributed by atoms with Gasteiger partial charge in [-0.3, -0.25) is 4.31 Å². The molecule has 0 saturated carbocycles. The quantitative estimate of drug-likeness (QED) is 0.643. The Kier molecular flexibility index (Phi) is 6.17. The van der Waals surface area contributed by atoms with E-state index < -0.39 is 10.0 Å². The number of sulfonamides is 1. The molecule has 11 heavy (non-hydrogen) atoms. The summed E-state index contributed by atoms with van der Waals surface area (Å²) in [7, 11) is -1.60. The minimum absolute atomic E-state index is 0.525. The van der Waals surface area contributed by atoms with E-state index in [4.69, 9.17) is 0 Å². The third kappa shape index (κ3) is 5.91. The Morgan fingerprint density at radius 2 is 1.64 bits per heavy atom. The number of rotatable bonds is 2. The van der Waals surface area contributed by atoms with Crippen LogP contribution in [0.4, 0.5) is 0 Å². The molecular weight excluding hydrogens is 162 g/mol. The second kappa shape index (κ2) is 5.18. The van der Waals surface area contributed by atoms with Crippen LogP contribution in [0.1, 0.15) is 20.8 Å². The molecule has 0 heterocycles. The van der Waals surface area contributed by atoms with Crippen molar-refractivity contribution in [2.75, 3.05) is 13.3 Å². The van der Waals surface area contributed by atoms with Crippen LogP contribution in [0.2, 0.25) is 0 Å². The van der Waals surface area contributed by atoms with Crippen molar-refractivity contribution in [3.63, 3.8) is 0 Å². The van der Waals surface area contributed by atoms with E-state index in [0.717, 1.165) is 10.6 Å². The Hall–Kier alpha value is -0.510. The van der Waals surface area contributed by atoms with Crippen molar-refractivity contribution in [3.05, 3.63) is 12.3 Å². The predicted octanol–water partition coefficient (Wildman–Crippen LogP) is 1.44. The van der Waals surface area contributed by atoms with Crippen LogP contribution in [0, 0.1) is 0 Å². The first-order chi connectivity index (χ1) is 4.85. The van der Waals surface area contributed by atoms with Crippen LogP contribution in [0.5, 0.6) is 0 Å². The lowest BCUT2D eigenvalue weighted by Crippen LogP contribution is -2.22. The van der Waals surface area contributed by atoms with Crippen LogP contribution in [0.15, 0.2) is 12.3 Å². The second-order valence-corrected chi connectivity index (χ2v) is 3.98. The normalized spacial score (nSPS) is 9.55. The van der Waals surface area contributed by atoms with Gasteiger partial charge in [-0.15, -0.1) is 0 Å². The molecule has 3 nitrogen and oxygen atoms in total. The van der Waals surface area contributed by atoms with Crippen LogP contribution < -0.4 is 0 Å². The fourth-order valence-electron chi connectivity index (χ4n) is 0.283. The van der Waals surface area contributed by atoms with Crippen LogP contribution in [0.25, 0.3) is 0 Å². The zero-order chi connectivity index (χ0) is 9.65. The molecule has 0 aliphatic rings. The molecule has 0 radical (unpaired) electrons. The van der Waals surface area contributed by atoms with E-state index in [1.165, 1.54) is 7.05 Å². The van der Waals surface area contributed by atoms with Gasteiger partial charge in [0.15, 0.2) is 0 Å². The summed E-state index contributed by atoms with van der Waals surface area (Å²) in [6, 6.07) is 0. The lowest BCUT2D eigenvalue weighted by Gasteiger charge is -2.14. The van der Waals surface area contributed by atoms with Crippen molar-refractivity contribution in [2.45, 2.75) is 20.8 Å². The van der Waals surface area contributed by atoms with Gasteiger partial charge in [-0.05, 0) is 6.92 Å². The highest BCUT2D eigenvalue weighted by Crippen LogP contribution is 2.00. The van der Waals surface area contributed by atoms with Crippen molar-refractivity contribution in [2.24, 2.45) is 0 Å². The zero-order valence-electron chi connectivity index (χ0n) is 7.88. The molecule has 0 unspecified atom stereocenters. The van der Waals surface area contributed by atoms with E-state index in [1.54, 1.807) is 6.92 Å². The molecule has 0 spiro atoms. The summed E-state index contributed by atoms with van der Waals surface area (Å²) in [5.41, 5.74) is 0.525. The molecule has 4 heteroatoms. The van der Waals surface area contributed by atoms with Gasteiger partial charge in [-0.1, -0.05) is 20.4 Å². The molecule has 0 aliphatic carbocycles. The van der Waals surface area contributed by atoms with Gasteiger partial charge >= 0.3 is 0 Å². The van der Waals surface area contributed by atoms with Crippen molar-refractivity contribution in [1.82, 2.24) is 4.31 Å². The van der Waals surface area contributed by atoms with Crippen molar-refractivity contribution >= 4 is 10.0 Å². The molecular formula is C7H17NO2S. The maximum Gasteiger partial charge on any atom is 0.231 e. The molecule has 0 aliphatic heterocycles. The SMILES string of the molecule is C=C(C)N(C)S(C)(=O)=O.CC. The van der Waals surface area contributed by atoms with Gasteiger partial charge in [0.25, 0.3) is 0 Å². The fourth-order valence-corrected chi connectivity index (χ4v) is 0.849. The monoisotopic (exact) mass is 179 g/mol. The lowest BCUT2D eigenvalue weighted by molar-refractivity contribution is 0.531. The van der Waals surface area contributed by atoms with Crippen molar-refractivity contribution < 1.29 is 8.42 Å². The van der Waals surface area contributed by atoms with E-state index in [-0.39, 0.29) is 0 Å². The summed E-state index contributed by atoms with van der Waals surface area (Å²) in [5.74, 6) is 0. The average Bonchev–Trinajstić information content (AvgIpc) is 1.89. The maximum atomic E-state index is 10.6. The molecule has 0 rings (SSSR count). The minimum atomic E-state index is -3.07. The van der Waals surface area contributed by atoms with Gasteiger partial charge in [0, 0.05) is 12.7 Å². The van der Waals surface area contributed by atoms with Gasteiger partial charge in [0.2, 0.25) is 10.0 Å². The molecule has 0 atom stereocenters. The van der Waals surface area contributed by atoms with Crippen LogP contribution in [-0.4, -0.2) is 26.0 Å². The molecule has 0 aromatic rings. The molecule has 0 N–H and O–H groups in total. The molecule has 0 fully saturated rings. The molecule has 68 valence electrons. The zero-order valence-corrected chi connectivity index (χ0v) is 8.70. The number of nitrogens with zero attached hydrogens (tertiary/aromatic N) is 1. The highest BCUT2D eigenvalue weighted by atomic mass is 32.2. The standard InChI is InChI=1S/C5H11NO2S.C2H6/c1-5(2)6(3)9(4,7)8;1-2/h1H2,2-4H3;1-2H3. The Morgan fingerprint density at radius 3 is 1.64 bits per heavy atom. The highest BCUT2D eigenvalue weighted by Gasteiger charge is 2.07. The molecule has 0 amide bonds. The van der Waals surface area contributed by atoms with E-state index in [1.807, 2.05) is 13.8 Å². The van der Waals surface area contributed by atoms with Gasteiger partial charge < -0.3 is 0 Å². The summed E-state index contributed by atoms with van der Waals surface area (Å²) in [5, 5.41) is 0. The summed E-state index contributed by atoms with van der Waals surface area (Å²) >= 11 is 0. The minimum Gasteiger partial charge on any atom is -0.278 e. The van der Waals surface area contributed by atoms with E-state index in [0.29, 0.717) is 5.70 Å². The van der Waals surface area contributed by atoms with E-state index in [2.05, 4.69) is 6.58 Å². The smallest absolute Gasteiger partial charge is 0.231 e. The highest BCUT2D eigenvalue weighted by molar-refractivity contribution is 7.88. The third-order valence-corrected chi connectivity index (χ3v) is 2.34. The topological polar surface area (TPSA) is 37.4 Å². The first-order valence-corrected chi connectivity index (χ1v) is 5.30. The largest absolute Gasteiger partial charge is 0.278 e. The average molecular weight is 179 g/mol. The maximum absolute atomic E-state index is 10.6. The van der Waals surface area contributed by atoms with Gasteiger partial charge in [0.1, 0.15) is 0 Å². The number of hydrogen-bond acceptors (Lipinski definition) is 2. The molecule has 0 aromatic carbocycles. The van der Waals surface area contributed by atoms with Gasteiger partial charge in [-0.25, -0.2) is 8.42 Å². The second-order valence-electron chi connectivity index (χ2n) is 1.97. The Morgan fingerprint density at radius 1 is 1.36 bits per heavy atom. The van der Waals surface area contributed by atoms with Crippen LogP contribution >= 0.6 is 0 Å². The first-order valence-electron chi connectivity index (χ1n) is 3.45. The van der Waals surface area contributed by atoms with Gasteiger partial charge in [0.05, 0.1) is 6.26 Å². The summed E-state index contributed by atoms with van der Waals surface area (Å²) in [4.78, 5) is 0. The summed E-state index contributed by atoms with van der Waals surface area (Å²) in [6.07, 6.45) is 1.14. The fraction of sp³-hybridized carbons (Fsp3) is 0.714. The third-order valence-electron chi connectivity index (χ3n) is 1.04. The lowest BCUT2D eigenvalue weighted by atomic mass is 10.6. The molecule has 0 bridgehead atoms.